The molecule has 2 aromatic rings. The number of imidazole rings is 1. The number of nitrogens with zero attached hydrogens (tertiary/aromatic N) is 3. The second-order valence-electron chi connectivity index (χ2n) is 6.69. The number of sulfone groups is 1. The summed E-state index contributed by atoms with van der Waals surface area (Å²) < 4.78 is 40.2. The molecule has 0 bridgehead atoms. The number of carbonyl (C=O) groups excluding carboxylic acids is 1. The van der Waals surface area contributed by atoms with E-state index in [9.17, 15) is 17.6 Å². The first kappa shape index (κ1) is 18.5. The van der Waals surface area contributed by atoms with E-state index in [0.717, 1.165) is 0 Å². The van der Waals surface area contributed by atoms with Crippen molar-refractivity contribution in [2.24, 2.45) is 0 Å². The third kappa shape index (κ3) is 3.94. The van der Waals surface area contributed by atoms with Gasteiger partial charge in [-0.1, -0.05) is 12.1 Å². The van der Waals surface area contributed by atoms with Crippen LogP contribution >= 0.6 is 0 Å². The largest absolute Gasteiger partial charge is 0.349 e. The lowest BCUT2D eigenvalue weighted by molar-refractivity contribution is -0.122. The highest BCUT2D eigenvalue weighted by Gasteiger charge is 2.40. The molecule has 1 saturated heterocycles. The molecule has 1 N–H and O–H groups in total. The van der Waals surface area contributed by atoms with Crippen LogP contribution in [0, 0.1) is 5.82 Å². The van der Waals surface area contributed by atoms with E-state index in [1.807, 2.05) is 0 Å². The van der Waals surface area contributed by atoms with E-state index in [1.54, 1.807) is 48.0 Å². The zero-order valence-electron chi connectivity index (χ0n) is 14.6. The van der Waals surface area contributed by atoms with E-state index in [1.165, 1.54) is 12.3 Å². The first-order valence-corrected chi connectivity index (χ1v) is 10.0. The second-order valence-corrected chi connectivity index (χ2v) is 8.85. The number of carbonyl (C=O) groups is 1. The number of amides is 1. The SMILES string of the molecule is CN(C)CC(=O)N[C@@H]1CS(=O)(=O)C[C@H]1n1ccnc1-c1ccccc1F. The molecule has 1 aromatic heterocycles. The zero-order chi connectivity index (χ0) is 18.9. The summed E-state index contributed by atoms with van der Waals surface area (Å²) in [5.41, 5.74) is 0.292. The molecule has 0 spiro atoms. The zero-order valence-corrected chi connectivity index (χ0v) is 15.4. The molecule has 1 aliphatic heterocycles. The van der Waals surface area contributed by atoms with Crippen molar-refractivity contribution in [3.63, 3.8) is 0 Å². The van der Waals surface area contributed by atoms with Gasteiger partial charge in [-0.05, 0) is 26.2 Å². The maximum Gasteiger partial charge on any atom is 0.234 e. The molecule has 1 amide bonds. The van der Waals surface area contributed by atoms with Gasteiger partial charge in [0.05, 0.1) is 35.7 Å². The van der Waals surface area contributed by atoms with Crippen molar-refractivity contribution in [3.8, 4) is 11.4 Å². The van der Waals surface area contributed by atoms with Crippen LogP contribution in [0.5, 0.6) is 0 Å². The summed E-state index contributed by atoms with van der Waals surface area (Å²) in [6, 6.07) is 5.07. The number of nitrogens with one attached hydrogen (secondary N) is 1. The predicted octanol–water partition coefficient (Wildman–Crippen LogP) is 0.705. The fourth-order valence-corrected chi connectivity index (χ4v) is 5.11. The summed E-state index contributed by atoms with van der Waals surface area (Å²) in [5, 5.41) is 2.80. The van der Waals surface area contributed by atoms with Gasteiger partial charge in [0.15, 0.2) is 9.84 Å². The molecule has 0 saturated carbocycles. The maximum atomic E-state index is 14.2. The molecule has 0 radical (unpaired) electrons. The maximum absolute atomic E-state index is 14.2. The number of hydrogen-bond donors (Lipinski definition) is 1. The molecular weight excluding hydrogens is 359 g/mol. The Morgan fingerprint density at radius 1 is 1.35 bits per heavy atom. The highest BCUT2D eigenvalue weighted by Crippen LogP contribution is 2.30. The molecule has 9 heteroatoms. The van der Waals surface area contributed by atoms with E-state index in [2.05, 4.69) is 10.3 Å². The van der Waals surface area contributed by atoms with Crippen LogP contribution in [0.4, 0.5) is 4.39 Å². The smallest absolute Gasteiger partial charge is 0.234 e. The van der Waals surface area contributed by atoms with Crippen LogP contribution in [0.15, 0.2) is 36.7 Å². The molecule has 7 nitrogen and oxygen atoms in total. The predicted molar refractivity (Wildman–Crippen MR) is 95.8 cm³/mol. The van der Waals surface area contributed by atoms with Crippen LogP contribution in [0.3, 0.4) is 0 Å². The van der Waals surface area contributed by atoms with Gasteiger partial charge < -0.3 is 14.8 Å². The van der Waals surface area contributed by atoms with Gasteiger partial charge >= 0.3 is 0 Å². The highest BCUT2D eigenvalue weighted by molar-refractivity contribution is 7.91. The standard InChI is InChI=1S/C17H21FN4O3S/c1-21(2)9-16(23)20-14-10-26(24,25)11-15(14)22-8-7-19-17(22)12-5-3-4-6-13(12)18/h3-8,14-15H,9-11H2,1-2H3,(H,20,23)/t14-,15-/m1/s1. The van der Waals surface area contributed by atoms with Crippen molar-refractivity contribution in [3.05, 3.63) is 42.5 Å². The molecule has 0 aliphatic carbocycles. The van der Waals surface area contributed by atoms with Crippen molar-refractivity contribution in [2.75, 3.05) is 32.1 Å². The van der Waals surface area contributed by atoms with Crippen LogP contribution in [-0.4, -0.2) is 67.0 Å². The summed E-state index contributed by atoms with van der Waals surface area (Å²) in [6.07, 6.45) is 3.13. The van der Waals surface area contributed by atoms with Gasteiger partial charge in [0.25, 0.3) is 0 Å². The number of benzene rings is 1. The van der Waals surface area contributed by atoms with Crippen molar-refractivity contribution >= 4 is 15.7 Å². The fourth-order valence-electron chi connectivity index (χ4n) is 3.21. The van der Waals surface area contributed by atoms with Gasteiger partial charge in [-0.3, -0.25) is 4.79 Å². The van der Waals surface area contributed by atoms with Crippen molar-refractivity contribution in [1.29, 1.82) is 0 Å². The molecule has 2 atom stereocenters. The van der Waals surface area contributed by atoms with Crippen LogP contribution in [0.25, 0.3) is 11.4 Å². The van der Waals surface area contributed by atoms with Gasteiger partial charge in [-0.15, -0.1) is 0 Å². The molecule has 1 aliphatic rings. The molecule has 0 unspecified atom stereocenters. The van der Waals surface area contributed by atoms with Crippen LogP contribution < -0.4 is 5.32 Å². The Hall–Kier alpha value is -2.26. The molecule has 26 heavy (non-hydrogen) atoms. The molecular formula is C17H21FN4O3S. The Labute approximate surface area is 151 Å². The van der Waals surface area contributed by atoms with Crippen LogP contribution in [0.2, 0.25) is 0 Å². The molecule has 1 fully saturated rings. The summed E-state index contributed by atoms with van der Waals surface area (Å²) in [5.74, 6) is -0.621. The van der Waals surface area contributed by atoms with Crippen molar-refractivity contribution in [2.45, 2.75) is 12.1 Å². The molecule has 3 rings (SSSR count). The number of rotatable bonds is 5. The molecule has 1 aromatic carbocycles. The minimum absolute atomic E-state index is 0.127. The Bertz CT molecular complexity index is 910. The average molecular weight is 380 g/mol. The molecule has 140 valence electrons. The summed E-state index contributed by atoms with van der Waals surface area (Å²) >= 11 is 0. The third-order valence-corrected chi connectivity index (χ3v) is 5.99. The first-order valence-electron chi connectivity index (χ1n) is 8.19. The van der Waals surface area contributed by atoms with E-state index >= 15 is 0 Å². The number of likely N-dealkylation sites (N-methyl/N-ethyl adjacent to an activating group) is 1. The Morgan fingerprint density at radius 2 is 2.08 bits per heavy atom. The van der Waals surface area contributed by atoms with Crippen molar-refractivity contribution < 1.29 is 17.6 Å². The van der Waals surface area contributed by atoms with Crippen LogP contribution in [0.1, 0.15) is 6.04 Å². The number of hydrogen-bond acceptors (Lipinski definition) is 5. The van der Waals surface area contributed by atoms with Crippen molar-refractivity contribution in [1.82, 2.24) is 19.8 Å². The van der Waals surface area contributed by atoms with Gasteiger partial charge in [0.1, 0.15) is 11.6 Å². The Morgan fingerprint density at radius 3 is 2.77 bits per heavy atom. The van der Waals surface area contributed by atoms with E-state index in [4.69, 9.17) is 0 Å². The quantitative estimate of drug-likeness (QED) is 0.826. The summed E-state index contributed by atoms with van der Waals surface area (Å²) in [6.45, 7) is 0.160. The minimum atomic E-state index is -3.32. The fraction of sp³-hybridized carbons (Fsp3) is 0.412. The first-order chi connectivity index (χ1) is 12.3. The lowest BCUT2D eigenvalue weighted by atomic mass is 10.1. The van der Waals surface area contributed by atoms with Crippen LogP contribution in [-0.2, 0) is 14.6 Å². The lowest BCUT2D eigenvalue weighted by Gasteiger charge is -2.23. The summed E-state index contributed by atoms with van der Waals surface area (Å²) in [4.78, 5) is 18.0. The average Bonchev–Trinajstić information content (AvgIpc) is 3.10. The monoisotopic (exact) mass is 380 g/mol. The third-order valence-electron chi connectivity index (χ3n) is 4.27. The van der Waals surface area contributed by atoms with Gasteiger partial charge in [0.2, 0.25) is 5.91 Å². The van der Waals surface area contributed by atoms with E-state index < -0.39 is 27.7 Å². The number of halogens is 1. The van der Waals surface area contributed by atoms with E-state index in [0.29, 0.717) is 11.4 Å². The minimum Gasteiger partial charge on any atom is -0.349 e. The lowest BCUT2D eigenvalue weighted by Crippen LogP contribution is -2.44. The topological polar surface area (TPSA) is 84.3 Å². The number of aromatic nitrogens is 2. The van der Waals surface area contributed by atoms with Gasteiger partial charge in [-0.25, -0.2) is 17.8 Å². The summed E-state index contributed by atoms with van der Waals surface area (Å²) in [7, 11) is 0.193. The van der Waals surface area contributed by atoms with E-state index in [-0.39, 0.29) is 24.0 Å². The second kappa shape index (κ2) is 7.16. The normalized spacial score (nSPS) is 21.8. The Balaban J connectivity index is 1.93. The van der Waals surface area contributed by atoms with Gasteiger partial charge in [0, 0.05) is 12.4 Å². The highest BCUT2D eigenvalue weighted by atomic mass is 32.2. The van der Waals surface area contributed by atoms with Gasteiger partial charge in [-0.2, -0.15) is 0 Å². The molecule has 2 heterocycles. The Kier molecular flexibility index (Phi) is 5.10.